The fraction of sp³-hybridized carbons (Fsp3) is 0.556. The average Bonchev–Trinajstić information content (AvgIpc) is 2.78. The molecule has 0 bridgehead atoms. The summed E-state index contributed by atoms with van der Waals surface area (Å²) in [5.41, 5.74) is 0.642. The van der Waals surface area contributed by atoms with Gasteiger partial charge in [-0.15, -0.1) is 5.10 Å². The number of piperidine rings is 1. The Morgan fingerprint density at radius 3 is 2.88 bits per heavy atom. The quantitative estimate of drug-likeness (QED) is 0.696. The minimum atomic E-state index is -0.183. The van der Waals surface area contributed by atoms with Crippen molar-refractivity contribution in [2.75, 3.05) is 18.0 Å². The minimum Gasteiger partial charge on any atom is -0.393 e. The van der Waals surface area contributed by atoms with E-state index in [9.17, 15) is 5.11 Å². The monoisotopic (exact) mass is 220 g/mol. The first-order valence-electron chi connectivity index (χ1n) is 5.30. The van der Waals surface area contributed by atoms with Crippen LogP contribution in [0.5, 0.6) is 0 Å². The summed E-state index contributed by atoms with van der Waals surface area (Å²) in [6, 6.07) is 0. The molecule has 7 nitrogen and oxygen atoms in total. The number of nitrogens with zero attached hydrogens (tertiary/aromatic N) is 6. The molecular weight excluding hydrogens is 208 g/mol. The van der Waals surface area contributed by atoms with Gasteiger partial charge in [-0.3, -0.25) is 4.98 Å². The molecule has 1 saturated heterocycles. The third kappa shape index (κ3) is 1.49. The molecule has 3 heterocycles. The molecule has 3 rings (SSSR count). The minimum absolute atomic E-state index is 0.183. The van der Waals surface area contributed by atoms with Crippen LogP contribution < -0.4 is 4.90 Å². The Morgan fingerprint density at radius 1 is 1.25 bits per heavy atom. The Bertz CT molecular complexity index is 489. The standard InChI is InChI=1S/C9H12N6O/c16-7-1-3-14(4-2-7)9-6-10-5-8-11-12-13-15(8)9/h5-7,16H,1-4H2. The zero-order chi connectivity index (χ0) is 11.0. The molecule has 0 radical (unpaired) electrons. The normalized spacial score (nSPS) is 18.2. The molecule has 0 spiro atoms. The van der Waals surface area contributed by atoms with E-state index in [4.69, 9.17) is 0 Å². The molecular formula is C9H12N6O. The Labute approximate surface area is 91.7 Å². The molecule has 2 aromatic heterocycles. The van der Waals surface area contributed by atoms with Crippen LogP contribution in [0.25, 0.3) is 5.65 Å². The highest BCUT2D eigenvalue weighted by Gasteiger charge is 2.19. The molecule has 84 valence electrons. The lowest BCUT2D eigenvalue weighted by Crippen LogP contribution is -2.37. The smallest absolute Gasteiger partial charge is 0.199 e. The van der Waals surface area contributed by atoms with Crippen molar-refractivity contribution in [2.45, 2.75) is 18.9 Å². The molecule has 0 aromatic carbocycles. The van der Waals surface area contributed by atoms with Crippen molar-refractivity contribution in [1.29, 1.82) is 0 Å². The molecule has 1 N–H and O–H groups in total. The maximum atomic E-state index is 9.46. The number of rotatable bonds is 1. The van der Waals surface area contributed by atoms with Crippen LogP contribution in [0.15, 0.2) is 12.4 Å². The first kappa shape index (κ1) is 9.46. The van der Waals surface area contributed by atoms with Crippen LogP contribution in [0.1, 0.15) is 12.8 Å². The highest BCUT2D eigenvalue weighted by atomic mass is 16.3. The molecule has 1 fully saturated rings. The summed E-state index contributed by atoms with van der Waals surface area (Å²) in [4.78, 5) is 6.25. The van der Waals surface area contributed by atoms with Crippen LogP contribution in [0.2, 0.25) is 0 Å². The molecule has 2 aromatic rings. The number of hydrogen-bond acceptors (Lipinski definition) is 6. The van der Waals surface area contributed by atoms with Crippen LogP contribution in [0.4, 0.5) is 5.82 Å². The predicted octanol–water partition coefficient (Wildman–Crippen LogP) is -0.520. The molecule has 1 aliphatic rings. The van der Waals surface area contributed by atoms with E-state index in [2.05, 4.69) is 25.4 Å². The van der Waals surface area contributed by atoms with E-state index in [1.807, 2.05) is 0 Å². The number of tetrazole rings is 1. The van der Waals surface area contributed by atoms with E-state index in [-0.39, 0.29) is 6.10 Å². The third-order valence-electron chi connectivity index (χ3n) is 2.88. The van der Waals surface area contributed by atoms with E-state index in [0.29, 0.717) is 5.65 Å². The summed E-state index contributed by atoms with van der Waals surface area (Å²) in [5.74, 6) is 0.884. The van der Waals surface area contributed by atoms with Gasteiger partial charge in [0.2, 0.25) is 0 Å². The van der Waals surface area contributed by atoms with Gasteiger partial charge in [-0.2, -0.15) is 4.52 Å². The van der Waals surface area contributed by atoms with Gasteiger partial charge in [-0.25, -0.2) is 0 Å². The molecule has 0 saturated carbocycles. The maximum absolute atomic E-state index is 9.46. The molecule has 0 unspecified atom stereocenters. The predicted molar refractivity (Wildman–Crippen MR) is 56.0 cm³/mol. The van der Waals surface area contributed by atoms with Gasteiger partial charge >= 0.3 is 0 Å². The first-order chi connectivity index (χ1) is 7.84. The molecule has 0 atom stereocenters. The Balaban J connectivity index is 1.96. The highest BCUT2D eigenvalue weighted by molar-refractivity contribution is 5.46. The highest BCUT2D eigenvalue weighted by Crippen LogP contribution is 2.18. The lowest BCUT2D eigenvalue weighted by Gasteiger charge is -2.30. The van der Waals surface area contributed by atoms with E-state index < -0.39 is 0 Å². The summed E-state index contributed by atoms with van der Waals surface area (Å²) in [6.07, 6.45) is 4.75. The molecule has 0 aliphatic carbocycles. The number of aromatic nitrogens is 5. The van der Waals surface area contributed by atoms with Crippen molar-refractivity contribution in [1.82, 2.24) is 25.0 Å². The first-order valence-corrected chi connectivity index (χ1v) is 5.30. The van der Waals surface area contributed by atoms with Crippen LogP contribution in [0.3, 0.4) is 0 Å². The molecule has 16 heavy (non-hydrogen) atoms. The van der Waals surface area contributed by atoms with Gasteiger partial charge in [0, 0.05) is 13.1 Å². The Hall–Kier alpha value is -1.76. The lowest BCUT2D eigenvalue weighted by molar-refractivity contribution is 0.145. The Kier molecular flexibility index (Phi) is 2.17. The SMILES string of the molecule is OC1CCN(c2cncc3nnnn23)CC1. The zero-order valence-electron chi connectivity index (χ0n) is 8.69. The van der Waals surface area contributed by atoms with Gasteiger partial charge in [0.05, 0.1) is 18.5 Å². The number of aliphatic hydroxyl groups is 1. The second-order valence-electron chi connectivity index (χ2n) is 3.93. The molecule has 7 heteroatoms. The molecule has 0 amide bonds. The fourth-order valence-corrected chi connectivity index (χ4v) is 1.97. The van der Waals surface area contributed by atoms with Crippen molar-refractivity contribution in [2.24, 2.45) is 0 Å². The summed E-state index contributed by atoms with van der Waals surface area (Å²) < 4.78 is 1.67. The van der Waals surface area contributed by atoms with Gasteiger partial charge in [0.25, 0.3) is 0 Å². The van der Waals surface area contributed by atoms with E-state index in [1.165, 1.54) is 0 Å². The summed E-state index contributed by atoms with van der Waals surface area (Å²) in [5, 5.41) is 20.9. The second kappa shape index (κ2) is 3.67. The van der Waals surface area contributed by atoms with Crippen molar-refractivity contribution in [3.05, 3.63) is 12.4 Å². The largest absolute Gasteiger partial charge is 0.393 e. The van der Waals surface area contributed by atoms with E-state index >= 15 is 0 Å². The van der Waals surface area contributed by atoms with Crippen LogP contribution >= 0.6 is 0 Å². The topological polar surface area (TPSA) is 79.4 Å². The third-order valence-corrected chi connectivity index (χ3v) is 2.88. The summed E-state index contributed by atoms with van der Waals surface area (Å²) >= 11 is 0. The van der Waals surface area contributed by atoms with Crippen molar-refractivity contribution in [3.8, 4) is 0 Å². The van der Waals surface area contributed by atoms with Crippen LogP contribution in [0, 0.1) is 0 Å². The van der Waals surface area contributed by atoms with Crippen molar-refractivity contribution in [3.63, 3.8) is 0 Å². The summed E-state index contributed by atoms with van der Waals surface area (Å²) in [7, 11) is 0. The van der Waals surface area contributed by atoms with Crippen LogP contribution in [-0.2, 0) is 0 Å². The summed E-state index contributed by atoms with van der Waals surface area (Å²) in [6.45, 7) is 1.61. The number of anilines is 1. The van der Waals surface area contributed by atoms with Crippen molar-refractivity contribution < 1.29 is 5.11 Å². The average molecular weight is 220 g/mol. The lowest BCUT2D eigenvalue weighted by atomic mass is 10.1. The van der Waals surface area contributed by atoms with E-state index in [0.717, 1.165) is 31.7 Å². The number of fused-ring (bicyclic) bond motifs is 1. The zero-order valence-corrected chi connectivity index (χ0v) is 8.69. The van der Waals surface area contributed by atoms with Gasteiger partial charge < -0.3 is 10.0 Å². The van der Waals surface area contributed by atoms with Gasteiger partial charge in [-0.1, -0.05) is 0 Å². The second-order valence-corrected chi connectivity index (χ2v) is 3.93. The van der Waals surface area contributed by atoms with Crippen LogP contribution in [-0.4, -0.2) is 49.3 Å². The van der Waals surface area contributed by atoms with E-state index in [1.54, 1.807) is 16.9 Å². The molecule has 1 aliphatic heterocycles. The van der Waals surface area contributed by atoms with Crippen molar-refractivity contribution >= 4 is 11.5 Å². The van der Waals surface area contributed by atoms with Gasteiger partial charge in [0.15, 0.2) is 11.5 Å². The maximum Gasteiger partial charge on any atom is 0.199 e. The van der Waals surface area contributed by atoms with Gasteiger partial charge in [0.1, 0.15) is 0 Å². The van der Waals surface area contributed by atoms with Gasteiger partial charge in [-0.05, 0) is 23.3 Å². The number of aliphatic hydroxyl groups excluding tert-OH is 1. The fourth-order valence-electron chi connectivity index (χ4n) is 1.97. The Morgan fingerprint density at radius 2 is 2.06 bits per heavy atom. The number of hydrogen-bond donors (Lipinski definition) is 1.